The normalized spacial score (nSPS) is 17.8. The Morgan fingerprint density at radius 2 is 2.00 bits per heavy atom. The number of rotatable bonds is 5. The SMILES string of the molecule is CCC(=O)N1CSC[C@@H]1C(=O)NCCN(C)C(=O)OC(C)(C)C. The first-order valence-corrected chi connectivity index (χ1v) is 8.90. The third kappa shape index (κ3) is 6.29. The third-order valence-electron chi connectivity index (χ3n) is 3.26. The molecule has 0 bridgehead atoms. The van der Waals surface area contributed by atoms with E-state index in [4.69, 9.17) is 4.74 Å². The maximum atomic E-state index is 12.2. The molecule has 1 atom stereocenters. The summed E-state index contributed by atoms with van der Waals surface area (Å²) in [5.41, 5.74) is -0.545. The van der Waals surface area contributed by atoms with E-state index < -0.39 is 17.7 Å². The van der Waals surface area contributed by atoms with Crippen LogP contribution in [0.15, 0.2) is 0 Å². The fourth-order valence-electron chi connectivity index (χ4n) is 2.00. The lowest BCUT2D eigenvalue weighted by Crippen LogP contribution is -2.48. The van der Waals surface area contributed by atoms with Gasteiger partial charge in [-0.3, -0.25) is 9.59 Å². The predicted octanol–water partition coefficient (Wildman–Crippen LogP) is 1.28. The van der Waals surface area contributed by atoms with Gasteiger partial charge < -0.3 is 19.9 Å². The lowest BCUT2D eigenvalue weighted by atomic mass is 10.2. The third-order valence-corrected chi connectivity index (χ3v) is 4.27. The number of nitrogens with zero attached hydrogens (tertiary/aromatic N) is 2. The summed E-state index contributed by atoms with van der Waals surface area (Å²) in [6.07, 6.45) is -0.0305. The van der Waals surface area contributed by atoms with Crippen LogP contribution in [0, 0.1) is 0 Å². The van der Waals surface area contributed by atoms with E-state index in [0.29, 0.717) is 31.1 Å². The molecule has 0 aromatic rings. The van der Waals surface area contributed by atoms with E-state index in [1.54, 1.807) is 51.4 Å². The number of nitrogens with one attached hydrogen (secondary N) is 1. The Morgan fingerprint density at radius 1 is 1.35 bits per heavy atom. The van der Waals surface area contributed by atoms with Gasteiger partial charge in [0.25, 0.3) is 0 Å². The van der Waals surface area contributed by atoms with Gasteiger partial charge in [-0.25, -0.2) is 4.79 Å². The van der Waals surface area contributed by atoms with E-state index in [1.165, 1.54) is 4.90 Å². The van der Waals surface area contributed by atoms with Crippen molar-refractivity contribution in [1.29, 1.82) is 0 Å². The second kappa shape index (κ2) is 8.42. The first-order valence-electron chi connectivity index (χ1n) is 7.74. The summed E-state index contributed by atoms with van der Waals surface area (Å²) >= 11 is 1.57. The van der Waals surface area contributed by atoms with Crippen LogP contribution >= 0.6 is 11.8 Å². The first-order chi connectivity index (χ1) is 10.7. The fourth-order valence-corrected chi connectivity index (χ4v) is 3.19. The largest absolute Gasteiger partial charge is 0.444 e. The summed E-state index contributed by atoms with van der Waals surface area (Å²) in [6.45, 7) is 7.87. The molecule has 23 heavy (non-hydrogen) atoms. The Bertz CT molecular complexity index is 450. The lowest BCUT2D eigenvalue weighted by Gasteiger charge is -2.25. The minimum absolute atomic E-state index is 0.0129. The summed E-state index contributed by atoms with van der Waals surface area (Å²) in [6, 6.07) is -0.417. The number of ether oxygens (including phenoxy) is 1. The van der Waals surface area contributed by atoms with Crippen molar-refractivity contribution in [2.24, 2.45) is 0 Å². The number of likely N-dealkylation sites (N-methyl/N-ethyl adjacent to an activating group) is 1. The highest BCUT2D eigenvalue weighted by Crippen LogP contribution is 2.21. The molecule has 1 heterocycles. The highest BCUT2D eigenvalue weighted by molar-refractivity contribution is 7.99. The van der Waals surface area contributed by atoms with Gasteiger partial charge >= 0.3 is 6.09 Å². The van der Waals surface area contributed by atoms with Crippen molar-refractivity contribution >= 4 is 29.7 Å². The number of hydrogen-bond acceptors (Lipinski definition) is 5. The summed E-state index contributed by atoms with van der Waals surface area (Å²) in [5, 5.41) is 2.79. The second-order valence-corrected chi connectivity index (χ2v) is 7.43. The van der Waals surface area contributed by atoms with Crippen LogP contribution in [0.25, 0.3) is 0 Å². The molecule has 1 fully saturated rings. The number of thioether (sulfide) groups is 1. The van der Waals surface area contributed by atoms with Gasteiger partial charge in [-0.15, -0.1) is 11.8 Å². The molecule has 1 N–H and O–H groups in total. The number of carbonyl (C=O) groups excluding carboxylic acids is 3. The van der Waals surface area contributed by atoms with Crippen LogP contribution in [0.5, 0.6) is 0 Å². The molecule has 1 rings (SSSR count). The zero-order chi connectivity index (χ0) is 17.6. The average Bonchev–Trinajstić information content (AvgIpc) is 2.93. The van der Waals surface area contributed by atoms with Crippen molar-refractivity contribution in [1.82, 2.24) is 15.1 Å². The van der Waals surface area contributed by atoms with E-state index in [2.05, 4.69) is 5.32 Å². The van der Waals surface area contributed by atoms with E-state index >= 15 is 0 Å². The van der Waals surface area contributed by atoms with Crippen molar-refractivity contribution in [2.45, 2.75) is 45.8 Å². The molecule has 0 aromatic heterocycles. The van der Waals surface area contributed by atoms with Gasteiger partial charge in [-0.2, -0.15) is 0 Å². The van der Waals surface area contributed by atoms with Gasteiger partial charge in [0.05, 0.1) is 5.88 Å². The molecule has 0 saturated carbocycles. The molecule has 132 valence electrons. The maximum Gasteiger partial charge on any atom is 0.410 e. The van der Waals surface area contributed by atoms with Crippen LogP contribution in [-0.2, 0) is 14.3 Å². The highest BCUT2D eigenvalue weighted by Gasteiger charge is 2.33. The van der Waals surface area contributed by atoms with E-state index in [9.17, 15) is 14.4 Å². The van der Waals surface area contributed by atoms with Crippen LogP contribution in [0.1, 0.15) is 34.1 Å². The molecule has 7 nitrogen and oxygen atoms in total. The van der Waals surface area contributed by atoms with Crippen LogP contribution < -0.4 is 5.32 Å². The molecule has 1 aliphatic rings. The van der Waals surface area contributed by atoms with Gasteiger partial charge in [-0.05, 0) is 20.8 Å². The van der Waals surface area contributed by atoms with Crippen molar-refractivity contribution < 1.29 is 19.1 Å². The van der Waals surface area contributed by atoms with E-state index in [0.717, 1.165) is 0 Å². The fraction of sp³-hybridized carbons (Fsp3) is 0.800. The molecular formula is C15H27N3O4S. The first kappa shape index (κ1) is 19.6. The van der Waals surface area contributed by atoms with Crippen molar-refractivity contribution in [3.63, 3.8) is 0 Å². The van der Waals surface area contributed by atoms with Crippen molar-refractivity contribution in [2.75, 3.05) is 31.8 Å². The van der Waals surface area contributed by atoms with E-state index in [1.807, 2.05) is 0 Å². The quantitative estimate of drug-likeness (QED) is 0.812. The van der Waals surface area contributed by atoms with Gasteiger partial charge in [0, 0.05) is 32.3 Å². The predicted molar refractivity (Wildman–Crippen MR) is 90.1 cm³/mol. The Balaban J connectivity index is 2.39. The Kier molecular flexibility index (Phi) is 7.18. The minimum Gasteiger partial charge on any atom is -0.444 e. The summed E-state index contributed by atoms with van der Waals surface area (Å²) < 4.78 is 5.24. The van der Waals surface area contributed by atoms with E-state index in [-0.39, 0.29) is 11.8 Å². The molecule has 1 saturated heterocycles. The topological polar surface area (TPSA) is 79.0 Å². The number of carbonyl (C=O) groups is 3. The van der Waals surface area contributed by atoms with Crippen LogP contribution in [0.2, 0.25) is 0 Å². The Labute approximate surface area is 142 Å². The standard InChI is InChI=1S/C15H27N3O4S/c1-6-12(19)18-10-23-9-11(18)13(20)16-7-8-17(5)14(21)22-15(2,3)4/h11H,6-10H2,1-5H3,(H,16,20)/t11-/m1/s1. The molecule has 8 heteroatoms. The highest BCUT2D eigenvalue weighted by atomic mass is 32.2. The molecule has 0 radical (unpaired) electrons. The average molecular weight is 345 g/mol. The molecule has 0 aliphatic carbocycles. The Hall–Kier alpha value is -1.44. The van der Waals surface area contributed by atoms with Crippen molar-refractivity contribution in [3.05, 3.63) is 0 Å². The maximum absolute atomic E-state index is 12.2. The summed E-state index contributed by atoms with van der Waals surface area (Å²) in [4.78, 5) is 38.8. The van der Waals surface area contributed by atoms with Crippen LogP contribution in [0.4, 0.5) is 4.79 Å². The molecule has 0 spiro atoms. The molecule has 3 amide bonds. The smallest absolute Gasteiger partial charge is 0.410 e. The van der Waals surface area contributed by atoms with Gasteiger partial charge in [0.15, 0.2) is 0 Å². The van der Waals surface area contributed by atoms with Gasteiger partial charge in [0.2, 0.25) is 11.8 Å². The Morgan fingerprint density at radius 3 is 2.57 bits per heavy atom. The van der Waals surface area contributed by atoms with Crippen LogP contribution in [0.3, 0.4) is 0 Å². The van der Waals surface area contributed by atoms with Crippen molar-refractivity contribution in [3.8, 4) is 0 Å². The number of amides is 3. The monoisotopic (exact) mass is 345 g/mol. The van der Waals surface area contributed by atoms with Gasteiger partial charge in [-0.1, -0.05) is 6.92 Å². The summed E-state index contributed by atoms with van der Waals surface area (Å²) in [5.74, 6) is 0.984. The molecule has 1 aliphatic heterocycles. The molecular weight excluding hydrogens is 318 g/mol. The minimum atomic E-state index is -0.545. The second-order valence-electron chi connectivity index (χ2n) is 6.43. The zero-order valence-electron chi connectivity index (χ0n) is 14.5. The molecule has 0 unspecified atom stereocenters. The van der Waals surface area contributed by atoms with Gasteiger partial charge in [0.1, 0.15) is 11.6 Å². The van der Waals surface area contributed by atoms with Crippen LogP contribution in [-0.4, -0.2) is 71.1 Å². The summed E-state index contributed by atoms with van der Waals surface area (Å²) in [7, 11) is 1.62. The number of hydrogen-bond donors (Lipinski definition) is 1. The lowest BCUT2D eigenvalue weighted by molar-refractivity contribution is -0.137. The molecule has 0 aromatic carbocycles. The zero-order valence-corrected chi connectivity index (χ0v) is 15.4.